The number of hydrogen-bond acceptors (Lipinski definition) is 4. The van der Waals surface area contributed by atoms with Gasteiger partial charge in [0, 0.05) is 26.8 Å². The summed E-state index contributed by atoms with van der Waals surface area (Å²) in [5.41, 5.74) is 0. The van der Waals surface area contributed by atoms with Gasteiger partial charge in [0.1, 0.15) is 0 Å². The first-order valence-corrected chi connectivity index (χ1v) is 5.35. The number of rotatable bonds is 10. The zero-order chi connectivity index (χ0) is 11.4. The molecule has 2 N–H and O–H groups in total. The highest BCUT2D eigenvalue weighted by atomic mass is 16.5. The number of amides is 1. The number of carbonyl (C=O) groups excluding carboxylic acids is 1. The van der Waals surface area contributed by atoms with Crippen LogP contribution in [0.5, 0.6) is 0 Å². The van der Waals surface area contributed by atoms with Gasteiger partial charge in [0.25, 0.3) is 0 Å². The van der Waals surface area contributed by atoms with Crippen LogP contribution in [0.25, 0.3) is 0 Å². The Balaban J connectivity index is 3.10. The van der Waals surface area contributed by atoms with E-state index >= 15 is 0 Å². The van der Waals surface area contributed by atoms with Gasteiger partial charge in [-0.25, -0.2) is 0 Å². The van der Waals surface area contributed by atoms with Crippen molar-refractivity contribution in [3.05, 3.63) is 0 Å². The molecule has 0 saturated carbocycles. The van der Waals surface area contributed by atoms with Crippen molar-refractivity contribution in [2.24, 2.45) is 0 Å². The molecule has 5 nitrogen and oxygen atoms in total. The summed E-state index contributed by atoms with van der Waals surface area (Å²) >= 11 is 0. The van der Waals surface area contributed by atoms with Crippen LogP contribution < -0.4 is 10.6 Å². The van der Waals surface area contributed by atoms with Crippen LogP contribution in [-0.4, -0.2) is 52.5 Å². The summed E-state index contributed by atoms with van der Waals surface area (Å²) < 4.78 is 10.1. The van der Waals surface area contributed by atoms with Crippen molar-refractivity contribution >= 4 is 5.91 Å². The molecule has 0 aromatic rings. The molecule has 0 aliphatic carbocycles. The van der Waals surface area contributed by atoms with Gasteiger partial charge in [-0.3, -0.25) is 4.79 Å². The number of ether oxygens (including phenoxy) is 2. The molecule has 5 heteroatoms. The summed E-state index contributed by atoms with van der Waals surface area (Å²) in [4.78, 5) is 11.1. The fourth-order valence-corrected chi connectivity index (χ4v) is 0.948. The second-order valence-electron chi connectivity index (χ2n) is 3.13. The monoisotopic (exact) mass is 218 g/mol. The molecule has 90 valence electrons. The summed E-state index contributed by atoms with van der Waals surface area (Å²) in [6, 6.07) is 0. The molecule has 0 aliphatic heterocycles. The largest absolute Gasteiger partial charge is 0.383 e. The Morgan fingerprint density at radius 3 is 2.67 bits per heavy atom. The topological polar surface area (TPSA) is 59.6 Å². The van der Waals surface area contributed by atoms with Gasteiger partial charge in [0.2, 0.25) is 5.91 Å². The standard InChI is InChI=1S/C10H22N2O3/c1-3-6-15-8-4-11-9-10(13)12-5-7-14-2/h11H,3-9H2,1-2H3,(H,12,13). The zero-order valence-corrected chi connectivity index (χ0v) is 9.67. The Bertz CT molecular complexity index is 154. The van der Waals surface area contributed by atoms with Crippen LogP contribution in [0, 0.1) is 0 Å². The molecule has 0 aromatic carbocycles. The first-order chi connectivity index (χ1) is 7.31. The summed E-state index contributed by atoms with van der Waals surface area (Å²) in [6.45, 7) is 5.64. The molecule has 0 bridgehead atoms. The third-order valence-corrected chi connectivity index (χ3v) is 1.69. The molecule has 0 rings (SSSR count). The number of carbonyl (C=O) groups is 1. The predicted octanol–water partition coefficient (Wildman–Crippen LogP) is -0.235. The number of methoxy groups -OCH3 is 1. The fraction of sp³-hybridized carbons (Fsp3) is 0.900. The molecule has 0 heterocycles. The highest BCUT2D eigenvalue weighted by Gasteiger charge is 1.98. The lowest BCUT2D eigenvalue weighted by molar-refractivity contribution is -0.120. The van der Waals surface area contributed by atoms with Crippen LogP contribution >= 0.6 is 0 Å². The maximum absolute atomic E-state index is 11.1. The molecule has 0 spiro atoms. The van der Waals surface area contributed by atoms with E-state index in [1.807, 2.05) is 0 Å². The molecule has 0 unspecified atom stereocenters. The highest BCUT2D eigenvalue weighted by molar-refractivity contribution is 5.77. The maximum atomic E-state index is 11.1. The predicted molar refractivity (Wildman–Crippen MR) is 58.9 cm³/mol. The van der Waals surface area contributed by atoms with Crippen LogP contribution in [0.2, 0.25) is 0 Å². The second kappa shape index (κ2) is 11.4. The minimum atomic E-state index is -0.0115. The quantitative estimate of drug-likeness (QED) is 0.497. The first kappa shape index (κ1) is 14.3. The van der Waals surface area contributed by atoms with Gasteiger partial charge in [0.05, 0.1) is 19.8 Å². The average molecular weight is 218 g/mol. The summed E-state index contributed by atoms with van der Waals surface area (Å²) in [5.74, 6) is -0.0115. The van der Waals surface area contributed by atoms with E-state index in [2.05, 4.69) is 17.6 Å². The molecule has 15 heavy (non-hydrogen) atoms. The molecular weight excluding hydrogens is 196 g/mol. The summed E-state index contributed by atoms with van der Waals surface area (Å²) in [7, 11) is 1.61. The van der Waals surface area contributed by atoms with Crippen LogP contribution in [0.15, 0.2) is 0 Å². The third-order valence-electron chi connectivity index (χ3n) is 1.69. The molecule has 0 atom stereocenters. The molecular formula is C10H22N2O3. The SMILES string of the molecule is CCCOCCNCC(=O)NCCOC. The van der Waals surface area contributed by atoms with Crippen molar-refractivity contribution in [2.75, 3.05) is 46.6 Å². The Morgan fingerprint density at radius 1 is 1.20 bits per heavy atom. The van der Waals surface area contributed by atoms with Gasteiger partial charge in [-0.1, -0.05) is 6.92 Å². The van der Waals surface area contributed by atoms with E-state index in [1.165, 1.54) is 0 Å². The van der Waals surface area contributed by atoms with Gasteiger partial charge >= 0.3 is 0 Å². The summed E-state index contributed by atoms with van der Waals surface area (Å²) in [5, 5.41) is 5.71. The van der Waals surface area contributed by atoms with E-state index in [9.17, 15) is 4.79 Å². The lowest BCUT2D eigenvalue weighted by Gasteiger charge is -2.06. The van der Waals surface area contributed by atoms with Crippen molar-refractivity contribution in [2.45, 2.75) is 13.3 Å². The average Bonchev–Trinajstić information content (AvgIpc) is 2.23. The van der Waals surface area contributed by atoms with Crippen LogP contribution in [0.4, 0.5) is 0 Å². The maximum Gasteiger partial charge on any atom is 0.234 e. The van der Waals surface area contributed by atoms with Crippen LogP contribution in [0.3, 0.4) is 0 Å². The van der Waals surface area contributed by atoms with Crippen molar-refractivity contribution in [3.8, 4) is 0 Å². The van der Waals surface area contributed by atoms with Gasteiger partial charge in [0.15, 0.2) is 0 Å². The van der Waals surface area contributed by atoms with Crippen LogP contribution in [0.1, 0.15) is 13.3 Å². The second-order valence-corrected chi connectivity index (χ2v) is 3.13. The van der Waals surface area contributed by atoms with Gasteiger partial charge in [-0.2, -0.15) is 0 Å². The highest BCUT2D eigenvalue weighted by Crippen LogP contribution is 1.78. The van der Waals surface area contributed by atoms with Crippen molar-refractivity contribution in [1.29, 1.82) is 0 Å². The van der Waals surface area contributed by atoms with Crippen molar-refractivity contribution in [3.63, 3.8) is 0 Å². The Hall–Kier alpha value is -0.650. The van der Waals surface area contributed by atoms with E-state index in [4.69, 9.17) is 9.47 Å². The lowest BCUT2D eigenvalue weighted by Crippen LogP contribution is -2.36. The number of hydrogen-bond donors (Lipinski definition) is 2. The lowest BCUT2D eigenvalue weighted by atomic mass is 10.5. The molecule has 1 amide bonds. The van der Waals surface area contributed by atoms with Gasteiger partial charge in [-0.15, -0.1) is 0 Å². The third kappa shape index (κ3) is 11.3. The van der Waals surface area contributed by atoms with E-state index < -0.39 is 0 Å². The van der Waals surface area contributed by atoms with Gasteiger partial charge < -0.3 is 20.1 Å². The van der Waals surface area contributed by atoms with E-state index in [1.54, 1.807) is 7.11 Å². The normalized spacial score (nSPS) is 10.3. The fourth-order valence-electron chi connectivity index (χ4n) is 0.948. The molecule has 0 aromatic heterocycles. The van der Waals surface area contributed by atoms with Crippen molar-refractivity contribution < 1.29 is 14.3 Å². The van der Waals surface area contributed by atoms with Gasteiger partial charge in [-0.05, 0) is 6.42 Å². The van der Waals surface area contributed by atoms with E-state index in [-0.39, 0.29) is 5.91 Å². The minimum absolute atomic E-state index is 0.0115. The minimum Gasteiger partial charge on any atom is -0.383 e. The van der Waals surface area contributed by atoms with Crippen molar-refractivity contribution in [1.82, 2.24) is 10.6 Å². The number of nitrogens with one attached hydrogen (secondary N) is 2. The first-order valence-electron chi connectivity index (χ1n) is 5.35. The molecule has 0 radical (unpaired) electrons. The van der Waals surface area contributed by atoms with E-state index in [0.717, 1.165) is 13.0 Å². The molecule has 0 fully saturated rings. The van der Waals surface area contributed by atoms with Crippen LogP contribution in [-0.2, 0) is 14.3 Å². The summed E-state index contributed by atoms with van der Waals surface area (Å²) in [6.07, 6.45) is 1.03. The smallest absolute Gasteiger partial charge is 0.234 e. The Morgan fingerprint density at radius 2 is 2.00 bits per heavy atom. The zero-order valence-electron chi connectivity index (χ0n) is 9.67. The molecule has 0 aliphatic rings. The Labute approximate surface area is 91.5 Å². The molecule has 0 saturated heterocycles. The van der Waals surface area contributed by atoms with E-state index in [0.29, 0.717) is 32.8 Å². The Kier molecular flexibility index (Phi) is 10.9.